The van der Waals surface area contributed by atoms with Gasteiger partial charge in [0.25, 0.3) is 0 Å². The minimum atomic E-state index is -6.24. The average Bonchev–Trinajstić information content (AvgIpc) is 3.60. The van der Waals surface area contributed by atoms with Crippen LogP contribution in [0.5, 0.6) is 0 Å². The number of hydrogen-bond donors (Lipinski definition) is 0. The molecule has 0 aromatic carbocycles. The van der Waals surface area contributed by atoms with Crippen molar-refractivity contribution in [2.45, 2.75) is 93.9 Å². The largest absolute Gasteiger partial charge is 0.743 e. The van der Waals surface area contributed by atoms with E-state index in [9.17, 15) is 45.3 Å². The molecule has 0 radical (unpaired) electrons. The molecule has 2 bridgehead atoms. The summed E-state index contributed by atoms with van der Waals surface area (Å²) in [5.74, 6) is -5.22. The summed E-state index contributed by atoms with van der Waals surface area (Å²) in [5.41, 5.74) is -0.561. The van der Waals surface area contributed by atoms with Gasteiger partial charge in [-0.15, -0.1) is 0 Å². The molecule has 3 aliphatic carbocycles. The first-order valence-corrected chi connectivity index (χ1v) is 14.4. The second-order valence-electron chi connectivity index (χ2n) is 10.6. The maximum atomic E-state index is 13.4. The summed E-state index contributed by atoms with van der Waals surface area (Å²) >= 11 is 0. The number of esters is 4. The Morgan fingerprint density at radius 3 is 2.41 bits per heavy atom. The second kappa shape index (κ2) is 10.9. The van der Waals surface area contributed by atoms with Gasteiger partial charge < -0.3 is 23.5 Å². The van der Waals surface area contributed by atoms with Gasteiger partial charge >= 0.3 is 29.1 Å². The molecule has 15 heteroatoms. The smallest absolute Gasteiger partial charge is 0.364 e. The highest BCUT2D eigenvalue weighted by Gasteiger charge is 2.70. The Hall–Kier alpha value is -2.42. The van der Waals surface area contributed by atoms with Gasteiger partial charge in [-0.1, -0.05) is 6.92 Å². The van der Waals surface area contributed by atoms with Gasteiger partial charge in [-0.2, -0.15) is 8.78 Å². The van der Waals surface area contributed by atoms with Crippen LogP contribution in [0.2, 0.25) is 0 Å². The zero-order chi connectivity index (χ0) is 28.8. The molecule has 1 heterocycles. The lowest BCUT2D eigenvalue weighted by Crippen LogP contribution is -2.45. The molecule has 0 spiro atoms. The summed E-state index contributed by atoms with van der Waals surface area (Å²) in [6.45, 7) is 0.992. The molecule has 0 amide bonds. The van der Waals surface area contributed by atoms with Crippen LogP contribution in [0.1, 0.15) is 64.7 Å². The number of fused-ring (bicyclic) bond motifs is 1. The molecular weight excluding hydrogens is 553 g/mol. The first-order valence-electron chi connectivity index (χ1n) is 13.0. The zero-order valence-corrected chi connectivity index (χ0v) is 22.0. The molecule has 0 aromatic rings. The predicted molar refractivity (Wildman–Crippen MR) is 120 cm³/mol. The second-order valence-corrected chi connectivity index (χ2v) is 12.1. The van der Waals surface area contributed by atoms with Gasteiger partial charge in [0.05, 0.1) is 31.3 Å². The van der Waals surface area contributed by atoms with E-state index in [1.165, 1.54) is 0 Å². The van der Waals surface area contributed by atoms with Gasteiger partial charge in [0.15, 0.2) is 16.3 Å². The monoisotopic (exact) mass is 583 g/mol. The van der Waals surface area contributed by atoms with E-state index in [0.717, 1.165) is 25.7 Å². The Bertz CT molecular complexity index is 1100. The molecule has 0 N–H and O–H groups in total. The Kier molecular flexibility index (Phi) is 8.23. The molecule has 4 rings (SSSR count). The number of hydrogen-bond acceptors (Lipinski definition) is 11. The number of rotatable bonds is 12. The van der Waals surface area contributed by atoms with Crippen molar-refractivity contribution in [2.75, 3.05) is 6.61 Å². The van der Waals surface area contributed by atoms with Crippen molar-refractivity contribution < 1.29 is 64.3 Å². The fourth-order valence-electron chi connectivity index (χ4n) is 6.39. The van der Waals surface area contributed by atoms with Crippen LogP contribution in [-0.4, -0.2) is 72.7 Å². The van der Waals surface area contributed by atoms with Gasteiger partial charge in [-0.3, -0.25) is 19.2 Å². The lowest BCUT2D eigenvalue weighted by molar-refractivity contribution is -0.175. The number of carbonyl (C=O) groups is 4. The average molecular weight is 584 g/mol. The Morgan fingerprint density at radius 2 is 1.79 bits per heavy atom. The third kappa shape index (κ3) is 5.61. The molecule has 220 valence electrons. The van der Waals surface area contributed by atoms with Gasteiger partial charge in [0.1, 0.15) is 17.8 Å². The van der Waals surface area contributed by atoms with Crippen molar-refractivity contribution in [3.63, 3.8) is 0 Å². The van der Waals surface area contributed by atoms with E-state index in [-0.39, 0.29) is 5.92 Å². The number of alkyl halides is 3. The van der Waals surface area contributed by atoms with Crippen molar-refractivity contribution in [2.24, 2.45) is 23.7 Å². The highest BCUT2D eigenvalue weighted by atomic mass is 32.2. The molecule has 4 aliphatic rings. The molecule has 39 heavy (non-hydrogen) atoms. The predicted octanol–water partition coefficient (Wildman–Crippen LogP) is 2.16. The van der Waals surface area contributed by atoms with Crippen molar-refractivity contribution in [3.05, 3.63) is 0 Å². The quantitative estimate of drug-likeness (QED) is 0.188. The molecule has 1 aliphatic heterocycles. The molecule has 11 nitrogen and oxygen atoms in total. The summed E-state index contributed by atoms with van der Waals surface area (Å²) in [4.78, 5) is 50.1. The summed E-state index contributed by atoms with van der Waals surface area (Å²) in [6.07, 6.45) is -2.85. The fraction of sp³-hybridized carbons (Fsp3) is 0.833. The fourth-order valence-corrected chi connectivity index (χ4v) is 6.82. The highest BCUT2D eigenvalue weighted by molar-refractivity contribution is 7.86. The van der Waals surface area contributed by atoms with Crippen LogP contribution in [0.3, 0.4) is 0 Å². The van der Waals surface area contributed by atoms with Gasteiger partial charge in [0, 0.05) is 18.3 Å². The maximum Gasteiger partial charge on any atom is 0.364 e. The van der Waals surface area contributed by atoms with E-state index in [0.29, 0.717) is 12.8 Å². The van der Waals surface area contributed by atoms with Crippen molar-refractivity contribution in [1.82, 2.24) is 0 Å². The molecular formula is C24H30F3O11S-. The molecule has 7 unspecified atom stereocenters. The third-order valence-corrected chi connectivity index (χ3v) is 9.35. The zero-order valence-electron chi connectivity index (χ0n) is 21.1. The van der Waals surface area contributed by atoms with E-state index < -0.39 is 107 Å². The number of carbonyl (C=O) groups excluding carboxylic acids is 4. The van der Waals surface area contributed by atoms with Gasteiger partial charge in [-0.05, 0) is 38.5 Å². The Labute approximate surface area is 222 Å². The lowest BCUT2D eigenvalue weighted by Gasteiger charge is -2.34. The van der Waals surface area contributed by atoms with Crippen molar-refractivity contribution in [1.29, 1.82) is 0 Å². The maximum absolute atomic E-state index is 13.4. The van der Waals surface area contributed by atoms with Crippen LogP contribution in [0.25, 0.3) is 0 Å². The van der Waals surface area contributed by atoms with Crippen LogP contribution in [-0.2, 0) is 48.2 Å². The van der Waals surface area contributed by atoms with Crippen LogP contribution in [0.4, 0.5) is 13.2 Å². The Morgan fingerprint density at radius 1 is 1.15 bits per heavy atom. The standard InChI is InChI=1S/C24H31F3O11S/c1-2-23(8-3-4-9-23)38-22(31)18-13-11-12-17(18)21(30)37-20(12)19(13)36-16(29)6-5-15(28)35-10-7-14(25)24(26,27)39(32,33)34/h12-14,17-20H,2-11H2,1H3,(H,32,33,34)/p-1. The first-order chi connectivity index (χ1) is 18.2. The van der Waals surface area contributed by atoms with Crippen LogP contribution in [0, 0.1) is 23.7 Å². The van der Waals surface area contributed by atoms with Gasteiger partial charge in [0.2, 0.25) is 0 Å². The van der Waals surface area contributed by atoms with Crippen LogP contribution < -0.4 is 0 Å². The summed E-state index contributed by atoms with van der Waals surface area (Å²) in [6, 6.07) is 0. The van der Waals surface area contributed by atoms with E-state index >= 15 is 0 Å². The number of ether oxygens (including phenoxy) is 4. The summed E-state index contributed by atoms with van der Waals surface area (Å²) in [5, 5.41) is -5.18. The molecule has 7 atom stereocenters. The summed E-state index contributed by atoms with van der Waals surface area (Å²) < 4.78 is 92.4. The highest BCUT2D eigenvalue weighted by Crippen LogP contribution is 2.59. The SMILES string of the molecule is CCC1(OC(=O)C2C3CC4C(OC(=O)C42)C3OC(=O)CCC(=O)OCCC(F)C(F)(F)S(=O)(=O)[O-])CCCC1. The van der Waals surface area contributed by atoms with E-state index in [1.807, 2.05) is 6.92 Å². The molecule has 3 saturated carbocycles. The van der Waals surface area contributed by atoms with E-state index in [1.54, 1.807) is 0 Å². The van der Waals surface area contributed by atoms with E-state index in [4.69, 9.17) is 14.2 Å². The number of halogens is 3. The minimum absolute atomic E-state index is 0.298. The molecule has 1 saturated heterocycles. The van der Waals surface area contributed by atoms with Crippen LogP contribution >= 0.6 is 0 Å². The van der Waals surface area contributed by atoms with Gasteiger partial charge in [-0.25, -0.2) is 12.8 Å². The van der Waals surface area contributed by atoms with E-state index in [2.05, 4.69) is 4.74 Å². The molecule has 4 fully saturated rings. The lowest BCUT2D eigenvalue weighted by atomic mass is 9.78. The van der Waals surface area contributed by atoms with Crippen LogP contribution in [0.15, 0.2) is 0 Å². The minimum Gasteiger partial charge on any atom is -0.743 e. The van der Waals surface area contributed by atoms with Crippen molar-refractivity contribution in [3.8, 4) is 0 Å². The Balaban J connectivity index is 1.28. The summed E-state index contributed by atoms with van der Waals surface area (Å²) in [7, 11) is -6.24. The normalized spacial score (nSPS) is 31.6. The third-order valence-electron chi connectivity index (χ3n) is 8.43. The molecule has 0 aromatic heterocycles. The first kappa shape index (κ1) is 29.6. The topological polar surface area (TPSA) is 162 Å². The van der Waals surface area contributed by atoms with Crippen molar-refractivity contribution >= 4 is 34.0 Å².